The zero-order valence-electron chi connectivity index (χ0n) is 9.23. The first-order chi connectivity index (χ1) is 8.55. The number of carbonyl (C=O) groups excluding carboxylic acids is 1. The molecule has 1 amide bonds. The molecule has 0 radical (unpaired) electrons. The first-order valence-electron chi connectivity index (χ1n) is 4.65. The van der Waals surface area contributed by atoms with Crippen LogP contribution in [0.15, 0.2) is 15.0 Å². The van der Waals surface area contributed by atoms with Gasteiger partial charge in [0.05, 0.1) is 11.3 Å². The van der Waals surface area contributed by atoms with Gasteiger partial charge in [-0.05, 0) is 50.4 Å². The average Bonchev–Trinajstić information content (AvgIpc) is 2.21. The molecule has 0 saturated carbocycles. The molecule has 0 heterocycles. The molecule has 2 N–H and O–H groups in total. The van der Waals surface area contributed by atoms with Gasteiger partial charge in [0.25, 0.3) is 0 Å². The second kappa shape index (κ2) is 5.49. The summed E-state index contributed by atoms with van der Waals surface area (Å²) >= 11 is 5.96. The van der Waals surface area contributed by atoms with Crippen molar-refractivity contribution >= 4 is 49.4 Å². The van der Waals surface area contributed by atoms with Gasteiger partial charge in [0.1, 0.15) is 0 Å². The van der Waals surface area contributed by atoms with E-state index in [1.807, 2.05) is 0 Å². The van der Waals surface area contributed by atoms with Crippen LogP contribution in [0, 0.1) is 6.92 Å². The van der Waals surface area contributed by atoms with Crippen molar-refractivity contribution in [2.45, 2.75) is 13.1 Å². The molecule has 0 aliphatic heterocycles. The molecule has 0 spiro atoms. The van der Waals surface area contributed by atoms with E-state index in [1.54, 1.807) is 5.32 Å². The number of nitrogens with one attached hydrogen (secondary N) is 1. The molecule has 0 aliphatic rings. The number of hydrogen-bond acceptors (Lipinski definition) is 2. The summed E-state index contributed by atoms with van der Waals surface area (Å²) in [6, 6.07) is 1.25. The number of carboxylic acid groups (broad SMARTS) is 1. The number of rotatable bonds is 2. The standard InChI is InChI=1S/C10H6Br2F3NO3/c1-3-6(8(17)18)4(11)2-5(12)7(3)16-9(19)10(13,14)15/h2H,1H3,(H,16,19)(H,17,18). The normalized spacial score (nSPS) is 11.3. The lowest BCUT2D eigenvalue weighted by molar-refractivity contribution is -0.167. The summed E-state index contributed by atoms with van der Waals surface area (Å²) in [6.07, 6.45) is -5.05. The topological polar surface area (TPSA) is 66.4 Å². The molecule has 0 atom stereocenters. The minimum absolute atomic E-state index is 0.00588. The molecule has 9 heteroatoms. The maximum atomic E-state index is 12.2. The van der Waals surface area contributed by atoms with Crippen LogP contribution >= 0.6 is 31.9 Å². The predicted octanol–water partition coefficient (Wildman–Crippen LogP) is 3.72. The summed E-state index contributed by atoms with van der Waals surface area (Å²) in [5.74, 6) is -3.49. The Bertz CT molecular complexity index is 558. The average molecular weight is 405 g/mol. The molecule has 0 aliphatic carbocycles. The quantitative estimate of drug-likeness (QED) is 0.789. The lowest BCUT2D eigenvalue weighted by atomic mass is 10.1. The summed E-state index contributed by atoms with van der Waals surface area (Å²) in [7, 11) is 0. The van der Waals surface area contributed by atoms with Crippen LogP contribution in [0.5, 0.6) is 0 Å². The number of benzene rings is 1. The molecule has 0 fully saturated rings. The molecule has 0 bridgehead atoms. The fourth-order valence-electron chi connectivity index (χ4n) is 1.34. The van der Waals surface area contributed by atoms with Crippen LogP contribution in [-0.2, 0) is 4.79 Å². The van der Waals surface area contributed by atoms with Gasteiger partial charge in [0.15, 0.2) is 0 Å². The van der Waals surface area contributed by atoms with Gasteiger partial charge < -0.3 is 10.4 Å². The second-order valence-corrected chi connectivity index (χ2v) is 5.18. The third-order valence-corrected chi connectivity index (χ3v) is 3.44. The van der Waals surface area contributed by atoms with E-state index in [9.17, 15) is 22.8 Å². The smallest absolute Gasteiger partial charge is 0.471 e. The molecule has 0 aromatic heterocycles. The van der Waals surface area contributed by atoms with Crippen molar-refractivity contribution in [2.24, 2.45) is 0 Å². The maximum absolute atomic E-state index is 12.2. The lowest BCUT2D eigenvalue weighted by Gasteiger charge is -2.15. The number of amides is 1. The first-order valence-corrected chi connectivity index (χ1v) is 6.24. The third kappa shape index (κ3) is 3.47. The number of carbonyl (C=O) groups is 2. The fourth-order valence-corrected chi connectivity index (χ4v) is 2.97. The summed E-state index contributed by atoms with van der Waals surface area (Å²) in [4.78, 5) is 21.9. The van der Waals surface area contributed by atoms with E-state index in [4.69, 9.17) is 5.11 Å². The van der Waals surface area contributed by atoms with E-state index in [1.165, 1.54) is 13.0 Å². The monoisotopic (exact) mass is 403 g/mol. The number of anilines is 1. The molecular formula is C10H6Br2F3NO3. The fraction of sp³-hybridized carbons (Fsp3) is 0.200. The largest absolute Gasteiger partial charge is 0.478 e. The Kier molecular flexibility index (Phi) is 4.62. The van der Waals surface area contributed by atoms with Crippen molar-refractivity contribution in [3.8, 4) is 0 Å². The Balaban J connectivity index is 3.33. The van der Waals surface area contributed by atoms with Crippen LogP contribution in [-0.4, -0.2) is 23.2 Å². The third-order valence-electron chi connectivity index (χ3n) is 2.19. The van der Waals surface area contributed by atoms with E-state index < -0.39 is 18.1 Å². The zero-order valence-corrected chi connectivity index (χ0v) is 12.4. The minimum atomic E-state index is -5.05. The molecule has 1 aromatic rings. The van der Waals surface area contributed by atoms with Crippen LogP contribution < -0.4 is 5.32 Å². The van der Waals surface area contributed by atoms with Gasteiger partial charge in [-0.3, -0.25) is 4.79 Å². The van der Waals surface area contributed by atoms with Crippen molar-refractivity contribution in [1.82, 2.24) is 0 Å². The molecule has 1 rings (SSSR count). The van der Waals surface area contributed by atoms with Crippen LogP contribution in [0.2, 0.25) is 0 Å². The van der Waals surface area contributed by atoms with E-state index in [2.05, 4.69) is 31.9 Å². The van der Waals surface area contributed by atoms with Crippen LogP contribution in [0.25, 0.3) is 0 Å². The molecule has 104 valence electrons. The van der Waals surface area contributed by atoms with E-state index in [-0.39, 0.29) is 25.8 Å². The van der Waals surface area contributed by atoms with Gasteiger partial charge in [0, 0.05) is 8.95 Å². The minimum Gasteiger partial charge on any atom is -0.478 e. The van der Waals surface area contributed by atoms with Gasteiger partial charge in [-0.2, -0.15) is 13.2 Å². The molecule has 4 nitrogen and oxygen atoms in total. The van der Waals surface area contributed by atoms with E-state index >= 15 is 0 Å². The summed E-state index contributed by atoms with van der Waals surface area (Å²) in [5, 5.41) is 10.6. The first kappa shape index (κ1) is 16.0. The lowest BCUT2D eigenvalue weighted by Crippen LogP contribution is -2.30. The number of alkyl halides is 3. The number of aromatic carboxylic acids is 1. The van der Waals surface area contributed by atoms with Gasteiger partial charge in [0.2, 0.25) is 0 Å². The Morgan fingerprint density at radius 1 is 1.26 bits per heavy atom. The zero-order chi connectivity index (χ0) is 15.0. The highest BCUT2D eigenvalue weighted by Gasteiger charge is 2.39. The van der Waals surface area contributed by atoms with Crippen LogP contribution in [0.3, 0.4) is 0 Å². The van der Waals surface area contributed by atoms with Gasteiger partial charge in [-0.25, -0.2) is 4.79 Å². The van der Waals surface area contributed by atoms with Gasteiger partial charge in [-0.1, -0.05) is 0 Å². The summed E-state index contributed by atoms with van der Waals surface area (Å²) in [5.41, 5.74) is -0.449. The highest BCUT2D eigenvalue weighted by atomic mass is 79.9. The Morgan fingerprint density at radius 2 is 1.79 bits per heavy atom. The van der Waals surface area contributed by atoms with Crippen molar-refractivity contribution in [3.05, 3.63) is 26.1 Å². The van der Waals surface area contributed by atoms with Crippen molar-refractivity contribution in [3.63, 3.8) is 0 Å². The Morgan fingerprint density at radius 3 is 2.21 bits per heavy atom. The van der Waals surface area contributed by atoms with Gasteiger partial charge >= 0.3 is 18.1 Å². The maximum Gasteiger partial charge on any atom is 0.471 e. The molecule has 0 saturated heterocycles. The highest BCUT2D eigenvalue weighted by molar-refractivity contribution is 9.11. The summed E-state index contributed by atoms with van der Waals surface area (Å²) < 4.78 is 36.9. The summed E-state index contributed by atoms with van der Waals surface area (Å²) in [6.45, 7) is 1.30. The molecule has 1 aromatic carbocycles. The molecule has 0 unspecified atom stereocenters. The Labute approximate surface area is 122 Å². The number of hydrogen-bond donors (Lipinski definition) is 2. The number of halogens is 5. The highest BCUT2D eigenvalue weighted by Crippen LogP contribution is 2.35. The van der Waals surface area contributed by atoms with Crippen molar-refractivity contribution in [2.75, 3.05) is 5.32 Å². The molecule has 19 heavy (non-hydrogen) atoms. The van der Waals surface area contributed by atoms with E-state index in [0.717, 1.165) is 0 Å². The predicted molar refractivity (Wildman–Crippen MR) is 68.2 cm³/mol. The van der Waals surface area contributed by atoms with Crippen LogP contribution in [0.1, 0.15) is 15.9 Å². The Hall–Kier alpha value is -1.09. The van der Waals surface area contributed by atoms with Crippen LogP contribution in [0.4, 0.5) is 18.9 Å². The molecular weight excluding hydrogens is 399 g/mol. The van der Waals surface area contributed by atoms with Crippen molar-refractivity contribution < 1.29 is 27.9 Å². The number of carboxylic acids is 1. The van der Waals surface area contributed by atoms with E-state index in [0.29, 0.717) is 0 Å². The van der Waals surface area contributed by atoms with Crippen molar-refractivity contribution in [1.29, 1.82) is 0 Å². The SMILES string of the molecule is Cc1c(NC(=O)C(F)(F)F)c(Br)cc(Br)c1C(=O)O. The second-order valence-electron chi connectivity index (χ2n) is 3.47. The van der Waals surface area contributed by atoms with Gasteiger partial charge in [-0.15, -0.1) is 0 Å².